The van der Waals surface area contributed by atoms with Crippen LogP contribution in [0.5, 0.6) is 0 Å². The van der Waals surface area contributed by atoms with Gasteiger partial charge in [0.2, 0.25) is 5.91 Å². The van der Waals surface area contributed by atoms with E-state index in [1.165, 1.54) is 25.7 Å². The van der Waals surface area contributed by atoms with Gasteiger partial charge in [0.15, 0.2) is 5.96 Å². The van der Waals surface area contributed by atoms with Crippen LogP contribution in [0.15, 0.2) is 35.3 Å². The van der Waals surface area contributed by atoms with E-state index in [9.17, 15) is 9.90 Å². The minimum absolute atomic E-state index is 0. The van der Waals surface area contributed by atoms with Crippen LogP contribution in [0.3, 0.4) is 0 Å². The molecule has 0 saturated heterocycles. The Bertz CT molecular complexity index is 602. The lowest BCUT2D eigenvalue weighted by molar-refractivity contribution is -0.121. The highest BCUT2D eigenvalue weighted by Gasteiger charge is 2.22. The van der Waals surface area contributed by atoms with Gasteiger partial charge in [0, 0.05) is 26.1 Å². The Hall–Kier alpha value is -1.35. The van der Waals surface area contributed by atoms with Gasteiger partial charge in [-0.25, -0.2) is 4.99 Å². The summed E-state index contributed by atoms with van der Waals surface area (Å²) in [5.74, 6) is 1.34. The number of halogens is 1. The molecule has 1 unspecified atom stereocenters. The van der Waals surface area contributed by atoms with Crippen molar-refractivity contribution in [1.29, 1.82) is 0 Å². The van der Waals surface area contributed by atoms with E-state index in [4.69, 9.17) is 0 Å². The number of aliphatic hydroxyl groups is 1. The second kappa shape index (κ2) is 13.0. The van der Waals surface area contributed by atoms with Crippen LogP contribution in [0.4, 0.5) is 0 Å². The first-order valence-electron chi connectivity index (χ1n) is 10.1. The number of aliphatic imine (C=N–C) groups is 1. The van der Waals surface area contributed by atoms with Gasteiger partial charge in [0.1, 0.15) is 5.60 Å². The SMILES string of the molecule is CCNC(=NCC(C)(O)c1ccccc1)NCCNC(=O)CC1CCCC1.I. The van der Waals surface area contributed by atoms with Crippen molar-refractivity contribution in [2.24, 2.45) is 10.9 Å². The van der Waals surface area contributed by atoms with Crippen molar-refractivity contribution in [3.05, 3.63) is 35.9 Å². The topological polar surface area (TPSA) is 85.8 Å². The van der Waals surface area contributed by atoms with Crippen LogP contribution < -0.4 is 16.0 Å². The predicted octanol–water partition coefficient (Wildman–Crippen LogP) is 2.76. The first-order valence-corrected chi connectivity index (χ1v) is 10.1. The molecule has 0 radical (unpaired) electrons. The number of nitrogens with zero attached hydrogens (tertiary/aromatic N) is 1. The molecule has 1 aliphatic carbocycles. The fraction of sp³-hybridized carbons (Fsp3) is 0.619. The predicted molar refractivity (Wildman–Crippen MR) is 125 cm³/mol. The maximum Gasteiger partial charge on any atom is 0.220 e. The number of guanidine groups is 1. The van der Waals surface area contributed by atoms with Gasteiger partial charge in [-0.2, -0.15) is 0 Å². The fourth-order valence-corrected chi connectivity index (χ4v) is 3.39. The molecule has 1 amide bonds. The van der Waals surface area contributed by atoms with Crippen LogP contribution in [0.25, 0.3) is 0 Å². The van der Waals surface area contributed by atoms with Crippen LogP contribution in [0.2, 0.25) is 0 Å². The minimum Gasteiger partial charge on any atom is -0.384 e. The maximum atomic E-state index is 12.0. The van der Waals surface area contributed by atoms with Crippen molar-refractivity contribution in [2.45, 2.75) is 51.6 Å². The molecule has 1 aromatic rings. The van der Waals surface area contributed by atoms with Gasteiger partial charge < -0.3 is 21.1 Å². The van der Waals surface area contributed by atoms with Gasteiger partial charge >= 0.3 is 0 Å². The van der Waals surface area contributed by atoms with Gasteiger partial charge in [0.25, 0.3) is 0 Å². The summed E-state index contributed by atoms with van der Waals surface area (Å²) in [6.07, 6.45) is 5.53. The molecule has 158 valence electrons. The molecule has 7 heteroatoms. The molecule has 0 aliphatic heterocycles. The van der Waals surface area contributed by atoms with Gasteiger partial charge in [0.05, 0.1) is 6.54 Å². The van der Waals surface area contributed by atoms with E-state index < -0.39 is 5.60 Å². The van der Waals surface area contributed by atoms with Crippen molar-refractivity contribution >= 4 is 35.8 Å². The van der Waals surface area contributed by atoms with Crippen molar-refractivity contribution < 1.29 is 9.90 Å². The molecule has 1 aromatic carbocycles. The Labute approximate surface area is 186 Å². The summed E-state index contributed by atoms with van der Waals surface area (Å²) >= 11 is 0. The Balaban J connectivity index is 0.00000392. The fourth-order valence-electron chi connectivity index (χ4n) is 3.39. The number of hydrogen-bond donors (Lipinski definition) is 4. The number of amides is 1. The van der Waals surface area contributed by atoms with Crippen LogP contribution in [-0.2, 0) is 10.4 Å². The molecule has 1 atom stereocenters. The lowest BCUT2D eigenvalue weighted by Gasteiger charge is -2.22. The third-order valence-corrected chi connectivity index (χ3v) is 4.97. The Morgan fingerprint density at radius 1 is 1.14 bits per heavy atom. The zero-order chi connectivity index (χ0) is 19.5. The summed E-state index contributed by atoms with van der Waals surface area (Å²) in [4.78, 5) is 16.5. The molecule has 1 aliphatic rings. The van der Waals surface area contributed by atoms with Gasteiger partial charge in [-0.15, -0.1) is 24.0 Å². The molecule has 1 saturated carbocycles. The summed E-state index contributed by atoms with van der Waals surface area (Å²) in [6.45, 7) is 5.89. The van der Waals surface area contributed by atoms with Crippen molar-refractivity contribution in [3.63, 3.8) is 0 Å². The quantitative estimate of drug-likeness (QED) is 0.181. The lowest BCUT2D eigenvalue weighted by Crippen LogP contribution is -2.42. The smallest absolute Gasteiger partial charge is 0.220 e. The van der Waals surface area contributed by atoms with E-state index >= 15 is 0 Å². The van der Waals surface area contributed by atoms with Crippen molar-refractivity contribution in [3.8, 4) is 0 Å². The molecule has 4 N–H and O–H groups in total. The second-order valence-electron chi connectivity index (χ2n) is 7.47. The Morgan fingerprint density at radius 2 is 1.79 bits per heavy atom. The second-order valence-corrected chi connectivity index (χ2v) is 7.47. The monoisotopic (exact) mass is 502 g/mol. The summed E-state index contributed by atoms with van der Waals surface area (Å²) < 4.78 is 0. The summed E-state index contributed by atoms with van der Waals surface area (Å²) in [6, 6.07) is 9.54. The van der Waals surface area contributed by atoms with E-state index in [0.717, 1.165) is 12.1 Å². The van der Waals surface area contributed by atoms with E-state index in [0.29, 0.717) is 31.4 Å². The number of carbonyl (C=O) groups is 1. The molecule has 2 rings (SSSR count). The zero-order valence-corrected chi connectivity index (χ0v) is 19.4. The first kappa shape index (κ1) is 24.7. The Morgan fingerprint density at radius 3 is 2.43 bits per heavy atom. The first-order chi connectivity index (χ1) is 13.0. The lowest BCUT2D eigenvalue weighted by atomic mass is 9.96. The molecule has 0 bridgehead atoms. The molecule has 6 nitrogen and oxygen atoms in total. The molecular formula is C21H35IN4O2. The standard InChI is InChI=1S/C21H34N4O2.HI/c1-3-22-20(25-16-21(2,27)18-11-5-4-6-12-18)24-14-13-23-19(26)15-17-9-7-8-10-17;/h4-6,11-12,17,27H,3,7-10,13-16H2,1-2H3,(H,23,26)(H2,22,24,25);1H. The highest BCUT2D eigenvalue weighted by Crippen LogP contribution is 2.27. The summed E-state index contributed by atoms with van der Waals surface area (Å²) in [5, 5.41) is 20.0. The molecular weight excluding hydrogens is 467 g/mol. The third kappa shape index (κ3) is 8.77. The van der Waals surface area contributed by atoms with Crippen LogP contribution in [-0.4, -0.2) is 43.2 Å². The van der Waals surface area contributed by atoms with Gasteiger partial charge in [-0.1, -0.05) is 43.2 Å². The molecule has 28 heavy (non-hydrogen) atoms. The van der Waals surface area contributed by atoms with Gasteiger partial charge in [-0.3, -0.25) is 4.79 Å². The summed E-state index contributed by atoms with van der Waals surface area (Å²) in [7, 11) is 0. The van der Waals surface area contributed by atoms with E-state index in [1.54, 1.807) is 6.92 Å². The number of nitrogens with one attached hydrogen (secondary N) is 3. The van der Waals surface area contributed by atoms with E-state index in [1.807, 2.05) is 37.3 Å². The Kier molecular flexibility index (Phi) is 11.4. The molecule has 0 heterocycles. The maximum absolute atomic E-state index is 12.0. The van der Waals surface area contributed by atoms with Crippen molar-refractivity contribution in [1.82, 2.24) is 16.0 Å². The number of carbonyl (C=O) groups excluding carboxylic acids is 1. The third-order valence-electron chi connectivity index (χ3n) is 4.97. The average Bonchev–Trinajstić information content (AvgIpc) is 3.17. The highest BCUT2D eigenvalue weighted by atomic mass is 127. The van der Waals surface area contributed by atoms with E-state index in [-0.39, 0.29) is 36.4 Å². The zero-order valence-electron chi connectivity index (χ0n) is 17.0. The molecule has 0 aromatic heterocycles. The number of rotatable bonds is 9. The normalized spacial score (nSPS) is 16.8. The number of benzene rings is 1. The summed E-state index contributed by atoms with van der Waals surface area (Å²) in [5.41, 5.74) is -0.192. The molecule has 0 spiro atoms. The number of hydrogen-bond acceptors (Lipinski definition) is 3. The van der Waals surface area contributed by atoms with Crippen molar-refractivity contribution in [2.75, 3.05) is 26.2 Å². The van der Waals surface area contributed by atoms with Crippen LogP contribution in [0, 0.1) is 5.92 Å². The average molecular weight is 502 g/mol. The molecule has 1 fully saturated rings. The van der Waals surface area contributed by atoms with Crippen LogP contribution >= 0.6 is 24.0 Å². The van der Waals surface area contributed by atoms with Crippen LogP contribution in [0.1, 0.15) is 51.5 Å². The minimum atomic E-state index is -1.03. The van der Waals surface area contributed by atoms with E-state index in [2.05, 4.69) is 20.9 Å². The van der Waals surface area contributed by atoms with Gasteiger partial charge in [-0.05, 0) is 38.2 Å². The highest BCUT2D eigenvalue weighted by molar-refractivity contribution is 14.0. The largest absolute Gasteiger partial charge is 0.384 e.